The van der Waals surface area contributed by atoms with E-state index in [1.807, 2.05) is 24.4 Å². The second kappa shape index (κ2) is 6.43. The highest BCUT2D eigenvalue weighted by molar-refractivity contribution is 7.71. The summed E-state index contributed by atoms with van der Waals surface area (Å²) in [5, 5.41) is 0. The molecule has 0 bridgehead atoms. The molecule has 3 rings (SSSR count). The molecule has 0 fully saturated rings. The van der Waals surface area contributed by atoms with Crippen LogP contribution in [0, 0.1) is 4.77 Å². The van der Waals surface area contributed by atoms with Gasteiger partial charge in [0.2, 0.25) is 0 Å². The number of nitrogens with two attached hydrogens (primary N) is 1. The van der Waals surface area contributed by atoms with E-state index in [4.69, 9.17) is 22.7 Å². The van der Waals surface area contributed by atoms with Crippen molar-refractivity contribution in [3.8, 4) is 5.75 Å². The number of rotatable bonds is 3. The number of benzene rings is 1. The zero-order chi connectivity index (χ0) is 13.2. The molecule has 4 nitrogen and oxygen atoms in total. The Bertz CT molecular complexity index is 637. The van der Waals surface area contributed by atoms with Gasteiger partial charge in [-0.3, -0.25) is 0 Å². The van der Waals surface area contributed by atoms with Crippen LogP contribution in [-0.2, 0) is 12.8 Å². The molecule has 2 aromatic rings. The first-order valence-corrected chi connectivity index (χ1v) is 6.90. The van der Waals surface area contributed by atoms with Gasteiger partial charge in [-0.1, -0.05) is 18.2 Å². The molecule has 0 aliphatic carbocycles. The van der Waals surface area contributed by atoms with E-state index < -0.39 is 0 Å². The van der Waals surface area contributed by atoms with Gasteiger partial charge in [-0.2, -0.15) is 0 Å². The number of halogens is 1. The minimum Gasteiger partial charge on any atom is -0.491 e. The molecule has 6 heteroatoms. The number of H-pyrrole nitrogens is 1. The molecule has 3 N–H and O–H groups in total. The summed E-state index contributed by atoms with van der Waals surface area (Å²) in [6, 6.07) is 8.42. The van der Waals surface area contributed by atoms with Gasteiger partial charge in [-0.15, -0.1) is 12.4 Å². The summed E-state index contributed by atoms with van der Waals surface area (Å²) in [4.78, 5) is 3.11. The van der Waals surface area contributed by atoms with Gasteiger partial charge in [-0.25, -0.2) is 0 Å². The maximum absolute atomic E-state index is 5.84. The number of aromatic amines is 1. The molecule has 1 aliphatic rings. The highest BCUT2D eigenvalue weighted by Gasteiger charge is 2.23. The summed E-state index contributed by atoms with van der Waals surface area (Å²) >= 11 is 5.38. The van der Waals surface area contributed by atoms with Crippen LogP contribution in [0.15, 0.2) is 30.5 Å². The second-order valence-corrected chi connectivity index (χ2v) is 5.16. The minimum atomic E-state index is 0. The fraction of sp³-hybridized carbons (Fsp3) is 0.357. The molecule has 1 aromatic carbocycles. The first kappa shape index (κ1) is 15.1. The van der Waals surface area contributed by atoms with Crippen molar-refractivity contribution in [1.29, 1.82) is 0 Å². The van der Waals surface area contributed by atoms with Crippen molar-refractivity contribution in [3.05, 3.63) is 46.5 Å². The summed E-state index contributed by atoms with van der Waals surface area (Å²) in [5.41, 5.74) is 8.04. The van der Waals surface area contributed by atoms with Crippen molar-refractivity contribution in [2.75, 3.05) is 13.2 Å². The zero-order valence-electron chi connectivity index (χ0n) is 11.0. The summed E-state index contributed by atoms with van der Waals surface area (Å²) in [6.07, 6.45) is 3.72. The number of hydrogen-bond acceptors (Lipinski definition) is 3. The number of imidazole rings is 1. The summed E-state index contributed by atoms with van der Waals surface area (Å²) < 4.78 is 8.73. The Kier molecular flexibility index (Phi) is 4.86. The molecular formula is C14H18ClN3OS. The third kappa shape index (κ3) is 2.75. The molecule has 1 aliphatic heterocycles. The van der Waals surface area contributed by atoms with Gasteiger partial charge < -0.3 is 20.0 Å². The van der Waals surface area contributed by atoms with Gasteiger partial charge in [0.05, 0.1) is 6.04 Å². The minimum absolute atomic E-state index is 0. The fourth-order valence-electron chi connectivity index (χ4n) is 2.63. The van der Waals surface area contributed by atoms with E-state index in [9.17, 15) is 0 Å². The van der Waals surface area contributed by atoms with Crippen LogP contribution in [0.4, 0.5) is 0 Å². The van der Waals surface area contributed by atoms with E-state index in [-0.39, 0.29) is 18.4 Å². The van der Waals surface area contributed by atoms with Gasteiger partial charge >= 0.3 is 0 Å². The predicted octanol–water partition coefficient (Wildman–Crippen LogP) is 2.64. The number of nitrogens with one attached hydrogen (secondary N) is 1. The lowest BCUT2D eigenvalue weighted by atomic mass is 10.0. The summed E-state index contributed by atoms with van der Waals surface area (Å²) in [6.45, 7) is 1.28. The maximum Gasteiger partial charge on any atom is 0.177 e. The number of nitrogens with zero attached hydrogens (tertiary/aromatic N) is 1. The van der Waals surface area contributed by atoms with Crippen LogP contribution in [0.2, 0.25) is 0 Å². The molecule has 0 unspecified atom stereocenters. The SMILES string of the molecule is Cl.NCCc1c[nH]c(=S)n1[C@@H]1COc2ccccc2C1. The zero-order valence-corrected chi connectivity index (χ0v) is 12.7. The number of hydrogen-bond donors (Lipinski definition) is 2. The van der Waals surface area contributed by atoms with Crippen LogP contribution in [0.3, 0.4) is 0 Å². The highest BCUT2D eigenvalue weighted by Crippen LogP contribution is 2.30. The van der Waals surface area contributed by atoms with Crippen molar-refractivity contribution in [3.63, 3.8) is 0 Å². The van der Waals surface area contributed by atoms with Crippen LogP contribution < -0.4 is 10.5 Å². The summed E-state index contributed by atoms with van der Waals surface area (Å²) in [7, 11) is 0. The van der Waals surface area contributed by atoms with Gasteiger partial charge in [0.25, 0.3) is 0 Å². The lowest BCUT2D eigenvalue weighted by Gasteiger charge is -2.27. The van der Waals surface area contributed by atoms with Crippen molar-refractivity contribution >= 4 is 24.6 Å². The standard InChI is InChI=1S/C14H17N3OS.ClH/c15-6-5-11-8-16-14(19)17(11)12-7-10-3-1-2-4-13(10)18-9-12;/h1-4,8,12H,5-7,9,15H2,(H,16,19);1H/t12-;/m0./s1. The van der Waals surface area contributed by atoms with Crippen LogP contribution in [-0.4, -0.2) is 22.7 Å². The number of fused-ring (bicyclic) bond motifs is 1. The van der Waals surface area contributed by atoms with Gasteiger partial charge in [-0.05, 0) is 30.4 Å². The molecular weight excluding hydrogens is 294 g/mol. The molecule has 0 radical (unpaired) electrons. The van der Waals surface area contributed by atoms with Crippen molar-refractivity contribution in [2.24, 2.45) is 5.73 Å². The number of para-hydroxylation sites is 1. The first-order chi connectivity index (χ1) is 9.29. The Balaban J connectivity index is 0.00000147. The van der Waals surface area contributed by atoms with Gasteiger partial charge in [0.15, 0.2) is 4.77 Å². The van der Waals surface area contributed by atoms with Crippen LogP contribution in [0.25, 0.3) is 0 Å². The van der Waals surface area contributed by atoms with Gasteiger partial charge in [0, 0.05) is 24.7 Å². The third-order valence-corrected chi connectivity index (χ3v) is 3.83. The molecule has 1 aromatic heterocycles. The Morgan fingerprint density at radius 2 is 2.20 bits per heavy atom. The van der Waals surface area contributed by atoms with Crippen LogP contribution in [0.5, 0.6) is 5.75 Å². The lowest BCUT2D eigenvalue weighted by molar-refractivity contribution is 0.220. The maximum atomic E-state index is 5.84. The number of aromatic nitrogens is 2. The largest absolute Gasteiger partial charge is 0.491 e. The first-order valence-electron chi connectivity index (χ1n) is 6.49. The average Bonchev–Trinajstić information content (AvgIpc) is 2.80. The van der Waals surface area contributed by atoms with Crippen LogP contribution in [0.1, 0.15) is 17.3 Å². The Morgan fingerprint density at radius 1 is 1.40 bits per heavy atom. The lowest BCUT2D eigenvalue weighted by Crippen LogP contribution is -2.26. The Labute approximate surface area is 129 Å². The van der Waals surface area contributed by atoms with E-state index >= 15 is 0 Å². The van der Waals surface area contributed by atoms with Crippen molar-refractivity contribution < 1.29 is 4.74 Å². The fourth-order valence-corrected chi connectivity index (χ4v) is 2.96. The molecule has 0 amide bonds. The van der Waals surface area contributed by atoms with Crippen LogP contribution >= 0.6 is 24.6 Å². The quantitative estimate of drug-likeness (QED) is 0.857. The van der Waals surface area contributed by atoms with Crippen molar-refractivity contribution in [1.82, 2.24) is 9.55 Å². The second-order valence-electron chi connectivity index (χ2n) is 4.77. The van der Waals surface area contributed by atoms with E-state index in [1.54, 1.807) is 0 Å². The molecule has 0 saturated carbocycles. The highest BCUT2D eigenvalue weighted by atomic mass is 35.5. The molecule has 2 heterocycles. The topological polar surface area (TPSA) is 56.0 Å². The molecule has 0 spiro atoms. The molecule has 0 saturated heterocycles. The van der Waals surface area contributed by atoms with Gasteiger partial charge in [0.1, 0.15) is 12.4 Å². The van der Waals surface area contributed by atoms with E-state index in [0.29, 0.717) is 13.2 Å². The van der Waals surface area contributed by atoms with E-state index in [0.717, 1.165) is 29.1 Å². The molecule has 20 heavy (non-hydrogen) atoms. The summed E-state index contributed by atoms with van der Waals surface area (Å²) in [5.74, 6) is 0.987. The van der Waals surface area contributed by atoms with E-state index in [2.05, 4.69) is 15.6 Å². The molecule has 1 atom stereocenters. The van der Waals surface area contributed by atoms with E-state index in [1.165, 1.54) is 5.56 Å². The normalized spacial score (nSPS) is 16.9. The third-order valence-electron chi connectivity index (χ3n) is 3.52. The van der Waals surface area contributed by atoms with Crippen molar-refractivity contribution in [2.45, 2.75) is 18.9 Å². The Hall–Kier alpha value is -1.30. The smallest absolute Gasteiger partial charge is 0.177 e. The predicted molar refractivity (Wildman–Crippen MR) is 84.3 cm³/mol. The number of ether oxygens (including phenoxy) is 1. The Morgan fingerprint density at radius 3 is 3.00 bits per heavy atom. The monoisotopic (exact) mass is 311 g/mol. The molecule has 108 valence electrons. The average molecular weight is 312 g/mol.